The first-order valence-electron chi connectivity index (χ1n) is 10.6. The molecular weight excluding hydrogens is 404 g/mol. The Morgan fingerprint density at radius 2 is 1.72 bits per heavy atom. The number of nitrogens with one attached hydrogen (secondary N) is 1. The van der Waals surface area contributed by atoms with Gasteiger partial charge in [0.15, 0.2) is 0 Å². The Morgan fingerprint density at radius 1 is 0.969 bits per heavy atom. The molecule has 0 aromatic heterocycles. The van der Waals surface area contributed by atoms with E-state index in [0.29, 0.717) is 29.3 Å². The number of rotatable bonds is 4. The molecule has 2 atom stereocenters. The summed E-state index contributed by atoms with van der Waals surface area (Å²) < 4.78 is 10.8. The summed E-state index contributed by atoms with van der Waals surface area (Å²) in [5, 5.41) is 3.04. The van der Waals surface area contributed by atoms with E-state index >= 15 is 0 Å². The van der Waals surface area contributed by atoms with Crippen molar-refractivity contribution in [2.24, 2.45) is 0 Å². The summed E-state index contributed by atoms with van der Waals surface area (Å²) in [4.78, 5) is 29.0. The molecule has 6 nitrogen and oxygen atoms in total. The summed E-state index contributed by atoms with van der Waals surface area (Å²) in [5.74, 6) is 0.387. The van der Waals surface area contributed by atoms with Crippen LogP contribution in [0.4, 0.5) is 5.69 Å². The minimum atomic E-state index is -0.554. The second kappa shape index (κ2) is 8.04. The maximum Gasteiger partial charge on any atom is 0.254 e. The zero-order valence-corrected chi connectivity index (χ0v) is 18.0. The third-order valence-corrected chi connectivity index (χ3v) is 6.38. The molecule has 0 aliphatic carbocycles. The molecule has 2 amide bonds. The van der Waals surface area contributed by atoms with Gasteiger partial charge >= 0.3 is 0 Å². The predicted molar refractivity (Wildman–Crippen MR) is 121 cm³/mol. The average molecular weight is 428 g/mol. The Morgan fingerprint density at radius 3 is 2.50 bits per heavy atom. The number of amides is 2. The van der Waals surface area contributed by atoms with Gasteiger partial charge in [0.25, 0.3) is 5.91 Å². The minimum Gasteiger partial charge on any atom is -0.497 e. The molecule has 3 aromatic rings. The third kappa shape index (κ3) is 3.19. The van der Waals surface area contributed by atoms with Gasteiger partial charge < -0.3 is 19.7 Å². The van der Waals surface area contributed by atoms with Crippen LogP contribution in [0.2, 0.25) is 0 Å². The smallest absolute Gasteiger partial charge is 0.254 e. The van der Waals surface area contributed by atoms with Crippen molar-refractivity contribution in [3.63, 3.8) is 0 Å². The van der Waals surface area contributed by atoms with Gasteiger partial charge in [0.1, 0.15) is 11.5 Å². The molecule has 0 spiro atoms. The van der Waals surface area contributed by atoms with Gasteiger partial charge in [-0.25, -0.2) is 0 Å². The van der Waals surface area contributed by atoms with Crippen LogP contribution in [-0.2, 0) is 11.2 Å². The number of carbonyl (C=O) groups excluding carboxylic acids is 2. The summed E-state index contributed by atoms with van der Waals surface area (Å²) in [7, 11) is 3.14. The van der Waals surface area contributed by atoms with Gasteiger partial charge in [-0.1, -0.05) is 42.5 Å². The molecule has 2 aliphatic heterocycles. The molecule has 0 saturated carbocycles. The maximum atomic E-state index is 13.8. The summed E-state index contributed by atoms with van der Waals surface area (Å²) in [5.41, 5.74) is 4.06. The number of hydrogen-bond acceptors (Lipinski definition) is 4. The zero-order valence-electron chi connectivity index (χ0n) is 18.0. The molecule has 2 aliphatic rings. The van der Waals surface area contributed by atoms with Gasteiger partial charge in [-0.2, -0.15) is 0 Å². The largest absolute Gasteiger partial charge is 0.497 e. The van der Waals surface area contributed by atoms with Crippen LogP contribution in [0.1, 0.15) is 39.0 Å². The first-order valence-corrected chi connectivity index (χ1v) is 10.6. The predicted octanol–water partition coefficient (Wildman–Crippen LogP) is 4.18. The highest BCUT2D eigenvalue weighted by molar-refractivity contribution is 6.05. The lowest BCUT2D eigenvalue weighted by molar-refractivity contribution is -0.119. The quantitative estimate of drug-likeness (QED) is 0.677. The van der Waals surface area contributed by atoms with Crippen molar-refractivity contribution in [3.05, 3.63) is 89.0 Å². The van der Waals surface area contributed by atoms with E-state index in [-0.39, 0.29) is 17.9 Å². The number of nitrogens with zero attached hydrogens (tertiary/aromatic N) is 1. The first kappa shape index (κ1) is 20.1. The Labute approximate surface area is 186 Å². The second-order valence-electron chi connectivity index (χ2n) is 8.01. The van der Waals surface area contributed by atoms with E-state index in [2.05, 4.69) is 11.4 Å². The number of anilines is 1. The first-order chi connectivity index (χ1) is 15.6. The lowest BCUT2D eigenvalue weighted by atomic mass is 9.76. The molecule has 0 radical (unpaired) electrons. The van der Waals surface area contributed by atoms with Gasteiger partial charge in [-0.3, -0.25) is 9.59 Å². The third-order valence-electron chi connectivity index (χ3n) is 6.38. The van der Waals surface area contributed by atoms with Crippen molar-refractivity contribution in [2.75, 3.05) is 26.1 Å². The molecule has 162 valence electrons. The van der Waals surface area contributed by atoms with Gasteiger partial charge in [0.05, 0.1) is 31.9 Å². The second-order valence-corrected chi connectivity index (χ2v) is 8.01. The van der Waals surface area contributed by atoms with Crippen molar-refractivity contribution in [1.82, 2.24) is 4.90 Å². The van der Waals surface area contributed by atoms with Crippen LogP contribution in [0.5, 0.6) is 11.5 Å². The molecule has 0 bridgehead atoms. The molecule has 0 fully saturated rings. The van der Waals surface area contributed by atoms with Gasteiger partial charge in [0.2, 0.25) is 5.91 Å². The van der Waals surface area contributed by atoms with E-state index in [4.69, 9.17) is 9.47 Å². The lowest BCUT2D eigenvalue weighted by Gasteiger charge is -2.45. The molecule has 1 N–H and O–H groups in total. The van der Waals surface area contributed by atoms with Crippen molar-refractivity contribution in [2.45, 2.75) is 18.4 Å². The topological polar surface area (TPSA) is 67.9 Å². The summed E-state index contributed by atoms with van der Waals surface area (Å²) >= 11 is 0. The van der Waals surface area contributed by atoms with Crippen LogP contribution >= 0.6 is 0 Å². The molecule has 6 heteroatoms. The molecule has 3 aromatic carbocycles. The fraction of sp³-hybridized carbons (Fsp3) is 0.231. The Hall–Kier alpha value is -3.80. The lowest BCUT2D eigenvalue weighted by Crippen LogP contribution is -2.49. The fourth-order valence-corrected chi connectivity index (χ4v) is 4.88. The van der Waals surface area contributed by atoms with Gasteiger partial charge in [-0.15, -0.1) is 0 Å². The van der Waals surface area contributed by atoms with Gasteiger partial charge in [-0.05, 0) is 41.3 Å². The van der Waals surface area contributed by atoms with Crippen LogP contribution in [0, 0.1) is 0 Å². The Bertz CT molecular complexity index is 1210. The average Bonchev–Trinajstić information content (AvgIpc) is 2.84. The highest BCUT2D eigenvalue weighted by Crippen LogP contribution is 2.46. The van der Waals surface area contributed by atoms with E-state index in [1.807, 2.05) is 41.3 Å². The van der Waals surface area contributed by atoms with Crippen LogP contribution in [-0.4, -0.2) is 37.5 Å². The molecular formula is C26H24N2O4. The normalized spacial score (nSPS) is 18.8. The van der Waals surface area contributed by atoms with Crippen molar-refractivity contribution >= 4 is 17.5 Å². The number of carbonyl (C=O) groups is 2. The summed E-state index contributed by atoms with van der Waals surface area (Å²) in [6.07, 6.45) is 0.776. The maximum absolute atomic E-state index is 13.8. The van der Waals surface area contributed by atoms with Crippen molar-refractivity contribution in [3.8, 4) is 11.5 Å². The molecule has 32 heavy (non-hydrogen) atoms. The fourth-order valence-electron chi connectivity index (χ4n) is 4.88. The van der Waals surface area contributed by atoms with Crippen LogP contribution in [0.3, 0.4) is 0 Å². The SMILES string of the molecule is COc1ccc(OC)c(NC(=O)[C@@H]2c3ccccc3C(=O)N3CCc4ccccc4[C@@H]23)c1. The van der Waals surface area contributed by atoms with E-state index in [0.717, 1.165) is 17.5 Å². The van der Waals surface area contributed by atoms with Gasteiger partial charge in [0, 0.05) is 18.2 Å². The Kier molecular flexibility index (Phi) is 5.05. The highest BCUT2D eigenvalue weighted by Gasteiger charge is 2.46. The van der Waals surface area contributed by atoms with Crippen molar-refractivity contribution < 1.29 is 19.1 Å². The standard InChI is InChI=1S/C26H24N2O4/c1-31-17-11-12-22(32-2)21(15-17)27-25(29)23-19-9-5-6-10-20(19)26(30)28-14-13-16-7-3-4-8-18(16)24(23)28/h3-12,15,23-24H,13-14H2,1-2H3,(H,27,29)/t23-,24+/m1/s1. The Balaban J connectivity index is 1.62. The van der Waals surface area contributed by atoms with Crippen LogP contribution in [0.15, 0.2) is 66.7 Å². The minimum absolute atomic E-state index is 0.0249. The van der Waals surface area contributed by atoms with E-state index in [1.165, 1.54) is 5.56 Å². The molecule has 5 rings (SSSR count). The number of methoxy groups -OCH3 is 2. The van der Waals surface area contributed by atoms with E-state index < -0.39 is 5.92 Å². The number of hydrogen-bond donors (Lipinski definition) is 1. The zero-order chi connectivity index (χ0) is 22.2. The van der Waals surface area contributed by atoms with Crippen molar-refractivity contribution in [1.29, 1.82) is 0 Å². The highest BCUT2D eigenvalue weighted by atomic mass is 16.5. The monoisotopic (exact) mass is 428 g/mol. The summed E-state index contributed by atoms with van der Waals surface area (Å²) in [6.45, 7) is 0.584. The number of ether oxygens (including phenoxy) is 2. The van der Waals surface area contributed by atoms with Crippen LogP contribution < -0.4 is 14.8 Å². The molecule has 0 saturated heterocycles. The molecule has 2 heterocycles. The summed E-state index contributed by atoms with van der Waals surface area (Å²) in [6, 6.07) is 20.4. The van der Waals surface area contributed by atoms with E-state index in [1.54, 1.807) is 38.5 Å². The van der Waals surface area contributed by atoms with Crippen LogP contribution in [0.25, 0.3) is 0 Å². The molecule has 0 unspecified atom stereocenters. The number of benzene rings is 3. The number of fused-ring (bicyclic) bond motifs is 4. The van der Waals surface area contributed by atoms with E-state index in [9.17, 15) is 9.59 Å².